The van der Waals surface area contributed by atoms with E-state index in [1.54, 1.807) is 13.3 Å². The van der Waals surface area contributed by atoms with Crippen molar-refractivity contribution in [2.24, 2.45) is 4.99 Å². The van der Waals surface area contributed by atoms with Gasteiger partial charge in [0.2, 0.25) is 0 Å². The Balaban J connectivity index is 0.00000480. The van der Waals surface area contributed by atoms with E-state index in [4.69, 9.17) is 13.9 Å². The average molecular weight is 544 g/mol. The molecule has 1 aromatic heterocycles. The fraction of sp³-hybridized carbons (Fsp3) is 0.522. The van der Waals surface area contributed by atoms with Crippen LogP contribution in [-0.4, -0.2) is 57.3 Å². The van der Waals surface area contributed by atoms with E-state index in [0.29, 0.717) is 26.4 Å². The molecule has 0 aliphatic rings. The number of benzene rings is 1. The fourth-order valence-electron chi connectivity index (χ4n) is 2.96. The Labute approximate surface area is 203 Å². The third-order valence-corrected chi connectivity index (χ3v) is 4.78. The summed E-state index contributed by atoms with van der Waals surface area (Å²) < 4.78 is 16.9. The number of hydrogen-bond donors (Lipinski definition) is 2. The van der Waals surface area contributed by atoms with Crippen molar-refractivity contribution in [3.63, 3.8) is 0 Å². The summed E-state index contributed by atoms with van der Waals surface area (Å²) in [5, 5.41) is 6.67. The van der Waals surface area contributed by atoms with Crippen molar-refractivity contribution < 1.29 is 13.9 Å². The number of halogens is 1. The number of ether oxygens (including phenoxy) is 2. The van der Waals surface area contributed by atoms with Gasteiger partial charge >= 0.3 is 0 Å². The van der Waals surface area contributed by atoms with E-state index in [-0.39, 0.29) is 24.0 Å². The molecule has 0 saturated carbocycles. The van der Waals surface area contributed by atoms with Crippen LogP contribution in [0, 0.1) is 0 Å². The third-order valence-electron chi connectivity index (χ3n) is 4.78. The lowest BCUT2D eigenvalue weighted by molar-refractivity contribution is 0.105. The Bertz CT molecular complexity index is 721. The van der Waals surface area contributed by atoms with Crippen molar-refractivity contribution in [3.05, 3.63) is 54.0 Å². The van der Waals surface area contributed by atoms with Crippen LogP contribution in [0.2, 0.25) is 0 Å². The number of para-hydroxylation sites is 1. The van der Waals surface area contributed by atoms with Gasteiger partial charge < -0.3 is 29.4 Å². The van der Waals surface area contributed by atoms with E-state index in [1.807, 2.05) is 30.3 Å². The van der Waals surface area contributed by atoms with Crippen molar-refractivity contribution in [2.75, 3.05) is 46.4 Å². The van der Waals surface area contributed by atoms with Crippen molar-refractivity contribution in [2.45, 2.75) is 33.4 Å². The van der Waals surface area contributed by atoms with Crippen LogP contribution in [0.3, 0.4) is 0 Å². The van der Waals surface area contributed by atoms with Crippen LogP contribution >= 0.6 is 24.0 Å². The molecule has 2 N–H and O–H groups in total. The molecule has 2 rings (SSSR count). The topological polar surface area (TPSA) is 71.3 Å². The van der Waals surface area contributed by atoms with E-state index in [0.717, 1.165) is 55.6 Å². The number of guanidine groups is 1. The molecule has 0 aliphatic heterocycles. The molecule has 0 amide bonds. The highest BCUT2D eigenvalue weighted by Gasteiger charge is 2.06. The minimum absolute atomic E-state index is 0. The number of hydrogen-bond acceptors (Lipinski definition) is 5. The molecule has 0 spiro atoms. The molecule has 1 heterocycles. The highest BCUT2D eigenvalue weighted by molar-refractivity contribution is 14.0. The van der Waals surface area contributed by atoms with E-state index in [1.165, 1.54) is 0 Å². The summed E-state index contributed by atoms with van der Waals surface area (Å²) in [4.78, 5) is 6.64. The van der Waals surface area contributed by atoms with E-state index in [2.05, 4.69) is 40.4 Å². The quantitative estimate of drug-likeness (QED) is 0.163. The second kappa shape index (κ2) is 16.9. The molecule has 31 heavy (non-hydrogen) atoms. The zero-order valence-corrected chi connectivity index (χ0v) is 21.3. The molecule has 174 valence electrons. The summed E-state index contributed by atoms with van der Waals surface area (Å²) in [6, 6.07) is 11.9. The van der Waals surface area contributed by atoms with Gasteiger partial charge in [-0.05, 0) is 37.7 Å². The lowest BCUT2D eigenvalue weighted by atomic mass is 10.2. The lowest BCUT2D eigenvalue weighted by Gasteiger charge is -2.19. The number of furan rings is 1. The SMILES string of the molecule is CCN(CC)CCOc1ccccc1CNC(=NC)NCCCOCc1ccco1.I. The highest BCUT2D eigenvalue weighted by atomic mass is 127. The molecule has 0 fully saturated rings. The maximum Gasteiger partial charge on any atom is 0.191 e. The monoisotopic (exact) mass is 544 g/mol. The fourth-order valence-corrected chi connectivity index (χ4v) is 2.96. The van der Waals surface area contributed by atoms with Crippen molar-refractivity contribution in [1.82, 2.24) is 15.5 Å². The standard InChI is InChI=1S/C23H36N4O3.HI/c1-4-27(5-2)14-17-30-22-12-7-6-10-20(22)18-26-23(24-3)25-13-9-15-28-19-21-11-8-16-29-21;/h6-8,10-12,16H,4-5,9,13-15,17-19H2,1-3H3,(H2,24,25,26);1H. The second-order valence-electron chi connectivity index (χ2n) is 6.82. The van der Waals surface area contributed by atoms with Gasteiger partial charge in [-0.3, -0.25) is 4.99 Å². The average Bonchev–Trinajstić information content (AvgIpc) is 3.30. The third kappa shape index (κ3) is 10.9. The summed E-state index contributed by atoms with van der Waals surface area (Å²) in [5.74, 6) is 2.52. The molecule has 0 bridgehead atoms. The second-order valence-corrected chi connectivity index (χ2v) is 6.82. The van der Waals surface area contributed by atoms with Gasteiger partial charge in [-0.15, -0.1) is 24.0 Å². The Kier molecular flexibility index (Phi) is 14.8. The molecular weight excluding hydrogens is 507 g/mol. The molecule has 0 radical (unpaired) electrons. The zero-order chi connectivity index (χ0) is 21.4. The number of aliphatic imine (C=N–C) groups is 1. The van der Waals surface area contributed by atoms with Crippen LogP contribution in [0.15, 0.2) is 52.1 Å². The summed E-state index contributed by atoms with van der Waals surface area (Å²) >= 11 is 0. The van der Waals surface area contributed by atoms with E-state index >= 15 is 0 Å². The molecule has 7 nitrogen and oxygen atoms in total. The lowest BCUT2D eigenvalue weighted by Crippen LogP contribution is -2.37. The minimum atomic E-state index is 0. The minimum Gasteiger partial charge on any atom is -0.492 e. The first-order chi connectivity index (χ1) is 14.8. The number of rotatable bonds is 14. The van der Waals surface area contributed by atoms with Gasteiger partial charge in [0.25, 0.3) is 0 Å². The summed E-state index contributed by atoms with van der Waals surface area (Å²) in [5.41, 5.74) is 1.11. The zero-order valence-electron chi connectivity index (χ0n) is 18.9. The maximum absolute atomic E-state index is 6.03. The number of nitrogens with zero attached hydrogens (tertiary/aromatic N) is 2. The van der Waals surface area contributed by atoms with E-state index in [9.17, 15) is 0 Å². The smallest absolute Gasteiger partial charge is 0.191 e. The van der Waals surface area contributed by atoms with Gasteiger partial charge in [-0.2, -0.15) is 0 Å². The molecule has 0 unspecified atom stereocenters. The van der Waals surface area contributed by atoms with E-state index < -0.39 is 0 Å². The molecule has 0 saturated heterocycles. The first-order valence-corrected chi connectivity index (χ1v) is 10.7. The maximum atomic E-state index is 6.03. The van der Waals surface area contributed by atoms with Crippen LogP contribution in [0.25, 0.3) is 0 Å². The molecule has 8 heteroatoms. The summed E-state index contributed by atoms with van der Waals surface area (Å²) in [6.45, 7) is 10.6. The van der Waals surface area contributed by atoms with Crippen molar-refractivity contribution in [3.8, 4) is 5.75 Å². The predicted octanol–water partition coefficient (Wildman–Crippen LogP) is 3.89. The molecule has 0 aliphatic carbocycles. The number of likely N-dealkylation sites (N-methyl/N-ethyl adjacent to an activating group) is 1. The summed E-state index contributed by atoms with van der Waals surface area (Å²) in [7, 11) is 1.77. The van der Waals surface area contributed by atoms with Crippen LogP contribution in [0.1, 0.15) is 31.6 Å². The van der Waals surface area contributed by atoms with Crippen molar-refractivity contribution in [1.29, 1.82) is 0 Å². The predicted molar refractivity (Wildman–Crippen MR) is 136 cm³/mol. The van der Waals surface area contributed by atoms with Crippen LogP contribution in [0.4, 0.5) is 0 Å². The Hall–Kier alpha value is -1.78. The largest absolute Gasteiger partial charge is 0.492 e. The molecule has 0 atom stereocenters. The normalized spacial score (nSPS) is 11.3. The van der Waals surface area contributed by atoms with Gasteiger partial charge in [-0.25, -0.2) is 0 Å². The Morgan fingerprint density at radius 3 is 2.58 bits per heavy atom. The highest BCUT2D eigenvalue weighted by Crippen LogP contribution is 2.17. The Morgan fingerprint density at radius 2 is 1.87 bits per heavy atom. The van der Waals surface area contributed by atoms with Gasteiger partial charge in [0, 0.05) is 38.9 Å². The van der Waals surface area contributed by atoms with Crippen LogP contribution in [-0.2, 0) is 17.9 Å². The number of nitrogens with one attached hydrogen (secondary N) is 2. The van der Waals surface area contributed by atoms with Gasteiger partial charge in [0.05, 0.1) is 6.26 Å². The Morgan fingerprint density at radius 1 is 1.06 bits per heavy atom. The van der Waals surface area contributed by atoms with Crippen LogP contribution in [0.5, 0.6) is 5.75 Å². The van der Waals surface area contributed by atoms with Gasteiger partial charge in [-0.1, -0.05) is 32.0 Å². The van der Waals surface area contributed by atoms with Crippen LogP contribution < -0.4 is 15.4 Å². The van der Waals surface area contributed by atoms with Gasteiger partial charge in [0.15, 0.2) is 5.96 Å². The summed E-state index contributed by atoms with van der Waals surface area (Å²) in [6.07, 6.45) is 2.54. The first-order valence-electron chi connectivity index (χ1n) is 10.7. The van der Waals surface area contributed by atoms with Crippen molar-refractivity contribution >= 4 is 29.9 Å². The molecule has 2 aromatic rings. The molecule has 1 aromatic carbocycles. The van der Waals surface area contributed by atoms with Gasteiger partial charge in [0.1, 0.15) is 24.7 Å². The first kappa shape index (κ1) is 27.3. The molecular formula is C23H37IN4O3.